The standard InChI is InChI=1S/C22H27BrNO4S/c1-16(2)24(19-9-5-6-10-20(19)28-15-14-27-13-12-23)22(25)17(3)18-8-4-7-11-21(18)29(24)26/h4-11,16,21H,12-15H2,1-3H3/q+1. The van der Waals surface area contributed by atoms with Crippen LogP contribution in [0.3, 0.4) is 0 Å². The minimum atomic E-state index is -1.53. The van der Waals surface area contributed by atoms with E-state index in [4.69, 9.17) is 9.47 Å². The van der Waals surface area contributed by atoms with Gasteiger partial charge in [-0.25, -0.2) is 4.79 Å². The number of fused-ring (bicyclic) bond motifs is 1. The van der Waals surface area contributed by atoms with Gasteiger partial charge in [0.1, 0.15) is 12.6 Å². The number of quaternary nitrogens is 1. The first-order chi connectivity index (χ1) is 14.0. The maximum atomic E-state index is 13.9. The Morgan fingerprint density at radius 2 is 1.97 bits per heavy atom. The first kappa shape index (κ1) is 22.3. The van der Waals surface area contributed by atoms with Gasteiger partial charge in [0.25, 0.3) is 0 Å². The van der Waals surface area contributed by atoms with Crippen molar-refractivity contribution < 1.29 is 18.8 Å². The number of para-hydroxylation sites is 2. The zero-order valence-electron chi connectivity index (χ0n) is 17.0. The Bertz CT molecular complexity index is 851. The third-order valence-corrected chi connectivity index (χ3v) is 7.71. The van der Waals surface area contributed by atoms with Crippen LogP contribution >= 0.6 is 15.9 Å². The number of ether oxygens (including phenoxy) is 2. The first-order valence-corrected chi connectivity index (χ1v) is 12.0. The number of allylic oxidation sites excluding steroid dienone is 3. The molecule has 0 bridgehead atoms. The van der Waals surface area contributed by atoms with E-state index in [0.717, 1.165) is 10.9 Å². The van der Waals surface area contributed by atoms with Gasteiger partial charge < -0.3 is 14.0 Å². The summed E-state index contributed by atoms with van der Waals surface area (Å²) in [4.78, 5) is 13.7. The van der Waals surface area contributed by atoms with E-state index < -0.39 is 11.4 Å². The van der Waals surface area contributed by atoms with Gasteiger partial charge in [0.15, 0.2) is 17.1 Å². The van der Waals surface area contributed by atoms with Crippen LogP contribution in [-0.2, 0) is 20.9 Å². The van der Waals surface area contributed by atoms with Gasteiger partial charge in [0.05, 0.1) is 18.8 Å². The summed E-state index contributed by atoms with van der Waals surface area (Å²) in [6, 6.07) is 7.18. The fourth-order valence-electron chi connectivity index (χ4n) is 3.82. The van der Waals surface area contributed by atoms with Crippen LogP contribution in [0.15, 0.2) is 59.7 Å². The summed E-state index contributed by atoms with van der Waals surface area (Å²) >= 11 is 1.79. The number of nitrogens with zero attached hydrogens (tertiary/aromatic N) is 1. The molecule has 0 radical (unpaired) electrons. The van der Waals surface area contributed by atoms with Crippen molar-refractivity contribution in [3.63, 3.8) is 0 Å². The Kier molecular flexibility index (Phi) is 7.40. The first-order valence-electron chi connectivity index (χ1n) is 9.72. The van der Waals surface area contributed by atoms with Crippen molar-refractivity contribution in [3.05, 3.63) is 59.7 Å². The predicted octanol–water partition coefficient (Wildman–Crippen LogP) is 4.21. The van der Waals surface area contributed by atoms with Crippen LogP contribution in [0.4, 0.5) is 5.69 Å². The highest BCUT2D eigenvalue weighted by Gasteiger charge is 2.62. The average Bonchev–Trinajstić information content (AvgIpc) is 2.73. The molecule has 1 aromatic carbocycles. The summed E-state index contributed by atoms with van der Waals surface area (Å²) < 4.78 is 25.1. The van der Waals surface area contributed by atoms with E-state index in [-0.39, 0.29) is 21.1 Å². The monoisotopic (exact) mass is 480 g/mol. The average molecular weight is 481 g/mol. The van der Waals surface area contributed by atoms with Crippen LogP contribution in [0.1, 0.15) is 20.8 Å². The highest BCUT2D eigenvalue weighted by Crippen LogP contribution is 2.46. The Morgan fingerprint density at radius 1 is 1.21 bits per heavy atom. The van der Waals surface area contributed by atoms with Crippen molar-refractivity contribution in [2.45, 2.75) is 32.1 Å². The Labute approximate surface area is 184 Å². The van der Waals surface area contributed by atoms with Crippen molar-refractivity contribution >= 4 is 38.9 Å². The zero-order valence-corrected chi connectivity index (χ0v) is 19.4. The molecule has 0 saturated carbocycles. The molecular formula is C22H27BrNO4S+. The van der Waals surface area contributed by atoms with Crippen molar-refractivity contribution in [3.8, 4) is 5.75 Å². The summed E-state index contributed by atoms with van der Waals surface area (Å²) in [5, 5.41) is 0.442. The number of benzene rings is 1. The SMILES string of the molecule is CC1=C2C=CC=CC2[S+]([O-])[N+](c2ccccc2OCCOCCBr)(C(C)C)C1=O. The summed E-state index contributed by atoms with van der Waals surface area (Å²) in [6.07, 6.45) is 7.61. The van der Waals surface area contributed by atoms with E-state index in [9.17, 15) is 9.35 Å². The molecule has 156 valence electrons. The molecule has 5 nitrogen and oxygen atoms in total. The Hall–Kier alpha value is -1.38. The van der Waals surface area contributed by atoms with Crippen molar-refractivity contribution in [1.29, 1.82) is 0 Å². The molecule has 7 heteroatoms. The van der Waals surface area contributed by atoms with Crippen LogP contribution in [0.2, 0.25) is 0 Å². The molecule has 0 N–H and O–H groups in total. The quantitative estimate of drug-likeness (QED) is 0.242. The molecule has 0 aromatic heterocycles. The van der Waals surface area contributed by atoms with Gasteiger partial charge in [-0.15, -0.1) is 0 Å². The number of hydrogen-bond acceptors (Lipinski definition) is 4. The summed E-state index contributed by atoms with van der Waals surface area (Å²) in [5.41, 5.74) is 2.12. The number of rotatable bonds is 8. The number of alkyl halides is 1. The Morgan fingerprint density at radius 3 is 2.69 bits per heavy atom. The lowest BCUT2D eigenvalue weighted by atomic mass is 9.99. The number of carbonyl (C=O) groups is 1. The van der Waals surface area contributed by atoms with Crippen LogP contribution in [0, 0.1) is 0 Å². The lowest BCUT2D eigenvalue weighted by Crippen LogP contribution is -2.67. The molecule has 3 rings (SSSR count). The molecule has 0 saturated heterocycles. The van der Waals surface area contributed by atoms with Crippen molar-refractivity contribution in [2.75, 3.05) is 25.2 Å². The van der Waals surface area contributed by atoms with E-state index >= 15 is 0 Å². The number of hydrogen-bond donors (Lipinski definition) is 0. The molecule has 1 aromatic rings. The van der Waals surface area contributed by atoms with Crippen molar-refractivity contribution in [1.82, 2.24) is 3.89 Å². The van der Waals surface area contributed by atoms with Crippen molar-refractivity contribution in [2.24, 2.45) is 0 Å². The highest BCUT2D eigenvalue weighted by atomic mass is 79.9. The third-order valence-electron chi connectivity index (χ3n) is 5.19. The molecular weight excluding hydrogens is 454 g/mol. The van der Waals surface area contributed by atoms with Gasteiger partial charge in [-0.3, -0.25) is 0 Å². The second kappa shape index (κ2) is 9.62. The van der Waals surface area contributed by atoms with E-state index in [0.29, 0.717) is 36.8 Å². The normalized spacial score (nSPS) is 26.2. The highest BCUT2D eigenvalue weighted by molar-refractivity contribution is 9.09. The molecule has 0 fully saturated rings. The number of halogens is 1. The van der Waals surface area contributed by atoms with Crippen LogP contribution < -0.4 is 8.63 Å². The van der Waals surface area contributed by atoms with Crippen LogP contribution in [0.5, 0.6) is 5.75 Å². The third kappa shape index (κ3) is 3.99. The molecule has 1 aliphatic carbocycles. The Balaban J connectivity index is 2.04. The second-order valence-corrected chi connectivity index (χ2v) is 9.62. The van der Waals surface area contributed by atoms with E-state index in [2.05, 4.69) is 15.9 Å². The van der Waals surface area contributed by atoms with Gasteiger partial charge in [0, 0.05) is 17.0 Å². The summed E-state index contributed by atoms with van der Waals surface area (Å²) in [6.45, 7) is 7.11. The van der Waals surface area contributed by atoms with E-state index in [1.54, 1.807) is 0 Å². The lowest BCUT2D eigenvalue weighted by Gasteiger charge is -2.43. The molecule has 29 heavy (non-hydrogen) atoms. The molecule has 1 aliphatic heterocycles. The van der Waals surface area contributed by atoms with Gasteiger partial charge in [-0.1, -0.05) is 46.3 Å². The zero-order chi connectivity index (χ0) is 21.0. The molecule has 0 spiro atoms. The molecule has 3 atom stereocenters. The van der Waals surface area contributed by atoms with Gasteiger partial charge in [-0.2, -0.15) is 0 Å². The second-order valence-electron chi connectivity index (χ2n) is 7.20. The minimum Gasteiger partial charge on any atom is -0.565 e. The minimum absolute atomic E-state index is 0.142. The fraction of sp³-hybridized carbons (Fsp3) is 0.409. The van der Waals surface area contributed by atoms with Crippen LogP contribution in [0.25, 0.3) is 0 Å². The van der Waals surface area contributed by atoms with E-state index in [1.165, 1.54) is 0 Å². The van der Waals surface area contributed by atoms with Gasteiger partial charge in [0.2, 0.25) is 10.9 Å². The van der Waals surface area contributed by atoms with E-state index in [1.807, 2.05) is 69.3 Å². The maximum absolute atomic E-state index is 13.9. The lowest BCUT2D eigenvalue weighted by molar-refractivity contribution is -0.123. The van der Waals surface area contributed by atoms with Gasteiger partial charge in [-0.05, 0) is 36.8 Å². The molecule has 1 heterocycles. The molecule has 1 amide bonds. The fourth-order valence-corrected chi connectivity index (χ4v) is 6.16. The molecule has 2 aliphatic rings. The maximum Gasteiger partial charge on any atom is 0.390 e. The molecule has 3 unspecified atom stereocenters. The van der Waals surface area contributed by atoms with Gasteiger partial charge >= 0.3 is 5.91 Å². The summed E-state index contributed by atoms with van der Waals surface area (Å²) in [7, 11) is 0. The number of carbonyl (C=O) groups excluding carboxylic acids is 1. The topological polar surface area (TPSA) is 58.6 Å². The summed E-state index contributed by atoms with van der Waals surface area (Å²) in [5.74, 6) is 0.424. The smallest absolute Gasteiger partial charge is 0.390 e. The number of amides is 1. The predicted molar refractivity (Wildman–Crippen MR) is 121 cm³/mol. The van der Waals surface area contributed by atoms with Crippen LogP contribution in [-0.4, -0.2) is 46.9 Å². The largest absolute Gasteiger partial charge is 0.565 e.